The van der Waals surface area contributed by atoms with Gasteiger partial charge in [-0.3, -0.25) is 4.79 Å². The maximum Gasteiger partial charge on any atom is 0.434 e. The molecule has 3 heterocycles. The largest absolute Gasteiger partial charge is 0.434 e. The first-order chi connectivity index (χ1) is 12.4. The topological polar surface area (TPSA) is 71.8 Å². The van der Waals surface area contributed by atoms with Crippen LogP contribution < -0.4 is 10.6 Å². The van der Waals surface area contributed by atoms with Gasteiger partial charge in [0.1, 0.15) is 0 Å². The zero-order chi connectivity index (χ0) is 18.7. The number of carbonyl (C=O) groups excluding carboxylic acids is 1. The second-order valence-electron chi connectivity index (χ2n) is 6.03. The standard InChI is InChI=1S/C16H17ClF3N5O/c17-12-2-1-5-22-14(12)25-13(16(18,19)20)11(9-24-25)15(26)23-7-4-10-3-6-21-8-10/h1-2,5,9-10,21H,3-4,6-8H2,(H,23,26). The molecular weight excluding hydrogens is 371 g/mol. The summed E-state index contributed by atoms with van der Waals surface area (Å²) in [5, 5.41) is 9.45. The summed E-state index contributed by atoms with van der Waals surface area (Å²) >= 11 is 5.93. The predicted octanol–water partition coefficient (Wildman–Crippen LogP) is 2.67. The van der Waals surface area contributed by atoms with Crippen LogP contribution in [0.15, 0.2) is 24.5 Å². The van der Waals surface area contributed by atoms with Gasteiger partial charge < -0.3 is 10.6 Å². The molecule has 1 saturated heterocycles. The van der Waals surface area contributed by atoms with Gasteiger partial charge in [0.25, 0.3) is 5.91 Å². The fraction of sp³-hybridized carbons (Fsp3) is 0.438. The van der Waals surface area contributed by atoms with E-state index >= 15 is 0 Å². The van der Waals surface area contributed by atoms with Crippen LogP contribution in [0, 0.1) is 5.92 Å². The van der Waals surface area contributed by atoms with E-state index in [0.717, 1.165) is 25.7 Å². The Balaban J connectivity index is 1.83. The molecule has 0 aliphatic carbocycles. The lowest BCUT2D eigenvalue weighted by molar-refractivity contribution is -0.143. The van der Waals surface area contributed by atoms with E-state index in [1.165, 1.54) is 18.3 Å². The minimum Gasteiger partial charge on any atom is -0.352 e. The molecule has 0 aromatic carbocycles. The summed E-state index contributed by atoms with van der Waals surface area (Å²) in [7, 11) is 0. The third-order valence-electron chi connectivity index (χ3n) is 4.22. The Hall–Kier alpha value is -2.13. The summed E-state index contributed by atoms with van der Waals surface area (Å²) in [6.45, 7) is 2.09. The van der Waals surface area contributed by atoms with Crippen LogP contribution in [0.5, 0.6) is 0 Å². The molecule has 2 aromatic heterocycles. The van der Waals surface area contributed by atoms with Crippen molar-refractivity contribution in [3.63, 3.8) is 0 Å². The van der Waals surface area contributed by atoms with Gasteiger partial charge in [-0.05, 0) is 44.0 Å². The molecule has 0 saturated carbocycles. The van der Waals surface area contributed by atoms with Crippen LogP contribution in [0.4, 0.5) is 13.2 Å². The molecular formula is C16H17ClF3N5O. The molecule has 10 heteroatoms. The second-order valence-corrected chi connectivity index (χ2v) is 6.44. The van der Waals surface area contributed by atoms with E-state index in [2.05, 4.69) is 20.7 Å². The quantitative estimate of drug-likeness (QED) is 0.827. The van der Waals surface area contributed by atoms with Crippen molar-refractivity contribution in [3.05, 3.63) is 40.8 Å². The molecule has 1 aliphatic heterocycles. The van der Waals surface area contributed by atoms with Crippen LogP contribution in [0.25, 0.3) is 5.82 Å². The lowest BCUT2D eigenvalue weighted by Crippen LogP contribution is -2.29. The van der Waals surface area contributed by atoms with Crippen LogP contribution in [0.2, 0.25) is 5.02 Å². The Labute approximate surface area is 152 Å². The zero-order valence-corrected chi connectivity index (χ0v) is 14.4. The number of alkyl halides is 3. The molecule has 0 spiro atoms. The van der Waals surface area contributed by atoms with Crippen molar-refractivity contribution in [2.24, 2.45) is 5.92 Å². The molecule has 2 N–H and O–H groups in total. The highest BCUT2D eigenvalue weighted by Gasteiger charge is 2.41. The molecule has 2 aromatic rings. The van der Waals surface area contributed by atoms with Gasteiger partial charge in [0.15, 0.2) is 11.5 Å². The number of rotatable bonds is 5. The van der Waals surface area contributed by atoms with E-state index < -0.39 is 23.3 Å². The summed E-state index contributed by atoms with van der Waals surface area (Å²) in [5.41, 5.74) is -1.75. The molecule has 0 radical (unpaired) electrons. The lowest BCUT2D eigenvalue weighted by Gasteiger charge is -2.13. The van der Waals surface area contributed by atoms with Gasteiger partial charge in [-0.1, -0.05) is 11.6 Å². The number of nitrogens with zero attached hydrogens (tertiary/aromatic N) is 3. The van der Waals surface area contributed by atoms with Crippen LogP contribution in [0.1, 0.15) is 28.9 Å². The number of hydrogen-bond donors (Lipinski definition) is 2. The summed E-state index contributed by atoms with van der Waals surface area (Å²) < 4.78 is 41.3. The molecule has 140 valence electrons. The van der Waals surface area contributed by atoms with Gasteiger partial charge >= 0.3 is 6.18 Å². The van der Waals surface area contributed by atoms with Crippen molar-refractivity contribution in [1.82, 2.24) is 25.4 Å². The fourth-order valence-corrected chi connectivity index (χ4v) is 3.13. The summed E-state index contributed by atoms with van der Waals surface area (Å²) in [5.74, 6) is -0.577. The SMILES string of the molecule is O=C(NCCC1CCNC1)c1cnn(-c2ncccc2Cl)c1C(F)(F)F. The first kappa shape index (κ1) is 18.7. The Morgan fingerprint density at radius 3 is 2.92 bits per heavy atom. The van der Waals surface area contributed by atoms with Gasteiger partial charge in [0.05, 0.1) is 16.8 Å². The number of nitrogens with one attached hydrogen (secondary N) is 2. The van der Waals surface area contributed by atoms with Crippen LogP contribution >= 0.6 is 11.6 Å². The van der Waals surface area contributed by atoms with Crippen LogP contribution in [0.3, 0.4) is 0 Å². The van der Waals surface area contributed by atoms with Crippen molar-refractivity contribution in [1.29, 1.82) is 0 Å². The maximum atomic E-state index is 13.6. The van der Waals surface area contributed by atoms with Crippen LogP contribution in [-0.2, 0) is 6.18 Å². The Morgan fingerprint density at radius 1 is 1.46 bits per heavy atom. The summed E-state index contributed by atoms with van der Waals surface area (Å²) in [4.78, 5) is 16.1. The van der Waals surface area contributed by atoms with Crippen molar-refractivity contribution in [2.45, 2.75) is 19.0 Å². The van der Waals surface area contributed by atoms with Gasteiger partial charge in [-0.25, -0.2) is 9.67 Å². The molecule has 1 atom stereocenters. The summed E-state index contributed by atoms with van der Waals surface area (Å²) in [6.07, 6.45) is -0.891. The van der Waals surface area contributed by atoms with Crippen molar-refractivity contribution in [3.8, 4) is 5.82 Å². The first-order valence-corrected chi connectivity index (χ1v) is 8.50. The molecule has 1 aliphatic rings. The Morgan fingerprint density at radius 2 is 2.27 bits per heavy atom. The van der Waals surface area contributed by atoms with Gasteiger partial charge in [-0.15, -0.1) is 0 Å². The second kappa shape index (κ2) is 7.63. The van der Waals surface area contributed by atoms with Gasteiger partial charge in [-0.2, -0.15) is 18.3 Å². The van der Waals surface area contributed by atoms with Crippen molar-refractivity contribution < 1.29 is 18.0 Å². The summed E-state index contributed by atoms with van der Waals surface area (Å²) in [6, 6.07) is 2.90. The lowest BCUT2D eigenvalue weighted by atomic mass is 10.1. The number of amides is 1. The number of aromatic nitrogens is 3. The average molecular weight is 388 g/mol. The van der Waals surface area contributed by atoms with E-state index in [1.54, 1.807) is 0 Å². The number of hydrogen-bond acceptors (Lipinski definition) is 4. The van der Waals surface area contributed by atoms with Crippen molar-refractivity contribution >= 4 is 17.5 Å². The fourth-order valence-electron chi connectivity index (χ4n) is 2.93. The molecule has 3 rings (SSSR count). The Bertz CT molecular complexity index is 786. The minimum atomic E-state index is -4.79. The van der Waals surface area contributed by atoms with E-state index in [0.29, 0.717) is 23.6 Å². The number of halogens is 4. The van der Waals surface area contributed by atoms with Gasteiger partial charge in [0.2, 0.25) is 0 Å². The molecule has 26 heavy (non-hydrogen) atoms. The first-order valence-electron chi connectivity index (χ1n) is 8.13. The van der Waals surface area contributed by atoms with E-state index in [4.69, 9.17) is 11.6 Å². The highest BCUT2D eigenvalue weighted by molar-refractivity contribution is 6.32. The number of carbonyl (C=O) groups is 1. The molecule has 1 amide bonds. The number of pyridine rings is 1. The highest BCUT2D eigenvalue weighted by atomic mass is 35.5. The van der Waals surface area contributed by atoms with Gasteiger partial charge in [0, 0.05) is 12.7 Å². The third-order valence-corrected chi connectivity index (χ3v) is 4.52. The van der Waals surface area contributed by atoms with Crippen molar-refractivity contribution in [2.75, 3.05) is 19.6 Å². The van der Waals surface area contributed by atoms with E-state index in [1.807, 2.05) is 0 Å². The molecule has 0 bridgehead atoms. The molecule has 1 unspecified atom stereocenters. The zero-order valence-electron chi connectivity index (χ0n) is 13.7. The molecule has 1 fully saturated rings. The minimum absolute atomic E-state index is 0.00166. The third kappa shape index (κ3) is 3.99. The average Bonchev–Trinajstić information content (AvgIpc) is 3.24. The van der Waals surface area contributed by atoms with E-state index in [9.17, 15) is 18.0 Å². The monoisotopic (exact) mass is 387 g/mol. The highest BCUT2D eigenvalue weighted by Crippen LogP contribution is 2.34. The van der Waals surface area contributed by atoms with E-state index in [-0.39, 0.29) is 10.8 Å². The molecule has 6 nitrogen and oxygen atoms in total. The predicted molar refractivity (Wildman–Crippen MR) is 89.3 cm³/mol. The van der Waals surface area contributed by atoms with Crippen LogP contribution in [-0.4, -0.2) is 40.3 Å². The smallest absolute Gasteiger partial charge is 0.352 e. The Kier molecular flexibility index (Phi) is 5.47. The normalized spacial score (nSPS) is 17.5. The maximum absolute atomic E-state index is 13.6.